The van der Waals surface area contributed by atoms with Gasteiger partial charge in [0, 0.05) is 20.4 Å². The third-order valence-corrected chi connectivity index (χ3v) is 1.65. The molecule has 0 saturated carbocycles. The second kappa shape index (κ2) is 4.66. The Morgan fingerprint density at radius 2 is 2.29 bits per heavy atom. The Morgan fingerprint density at radius 3 is 2.79 bits per heavy atom. The average Bonchev–Trinajstić information content (AvgIpc) is 2.52. The molecule has 14 heavy (non-hydrogen) atoms. The molecule has 1 rings (SSSR count). The van der Waals surface area contributed by atoms with Crippen LogP contribution < -0.4 is 0 Å². The van der Waals surface area contributed by atoms with Crippen molar-refractivity contribution in [1.29, 1.82) is 0 Å². The summed E-state index contributed by atoms with van der Waals surface area (Å²) < 4.78 is 6.28. The molecule has 0 aliphatic rings. The Kier molecular flexibility index (Phi) is 3.53. The minimum Gasteiger partial charge on any atom is -0.377 e. The molecule has 1 aromatic heterocycles. The third kappa shape index (κ3) is 2.77. The van der Waals surface area contributed by atoms with E-state index in [0.717, 1.165) is 0 Å². The molecule has 5 heteroatoms. The number of aryl methyl sites for hydroxylation is 1. The number of ketones is 2. The number of imidazole rings is 1. The first-order valence-electron chi connectivity index (χ1n) is 4.15. The van der Waals surface area contributed by atoms with Gasteiger partial charge in [0.2, 0.25) is 0 Å². The topological polar surface area (TPSA) is 61.2 Å². The number of ether oxygens (including phenoxy) is 1. The number of methoxy groups -OCH3 is 1. The molecule has 0 fully saturated rings. The van der Waals surface area contributed by atoms with Crippen LogP contribution in [0.25, 0.3) is 0 Å². The highest BCUT2D eigenvalue weighted by Crippen LogP contribution is 2.00. The Labute approximate surface area is 81.7 Å². The van der Waals surface area contributed by atoms with Crippen LogP contribution in [0.3, 0.4) is 0 Å². The lowest BCUT2D eigenvalue weighted by Crippen LogP contribution is -2.13. The number of rotatable bonds is 5. The van der Waals surface area contributed by atoms with E-state index in [1.54, 1.807) is 17.8 Å². The molecule has 1 heterocycles. The van der Waals surface area contributed by atoms with E-state index in [1.807, 2.05) is 0 Å². The molecule has 0 spiro atoms. The molecule has 5 nitrogen and oxygen atoms in total. The lowest BCUT2D eigenvalue weighted by atomic mass is 10.2. The van der Waals surface area contributed by atoms with E-state index in [0.29, 0.717) is 5.69 Å². The van der Waals surface area contributed by atoms with Crippen LogP contribution in [0, 0.1) is 0 Å². The summed E-state index contributed by atoms with van der Waals surface area (Å²) in [4.78, 5) is 26.3. The van der Waals surface area contributed by atoms with Gasteiger partial charge in [-0.1, -0.05) is 0 Å². The summed E-state index contributed by atoms with van der Waals surface area (Å²) in [6, 6.07) is 0. The zero-order chi connectivity index (χ0) is 10.6. The van der Waals surface area contributed by atoms with Gasteiger partial charge in [-0.3, -0.25) is 9.59 Å². The number of aromatic nitrogens is 2. The van der Waals surface area contributed by atoms with Gasteiger partial charge in [-0.15, -0.1) is 0 Å². The summed E-state index contributed by atoms with van der Waals surface area (Å²) in [7, 11) is 3.18. The highest BCUT2D eigenvalue weighted by atomic mass is 16.5. The lowest BCUT2D eigenvalue weighted by Gasteiger charge is -1.96. The quantitative estimate of drug-likeness (QED) is 0.499. The van der Waals surface area contributed by atoms with Gasteiger partial charge in [0.05, 0.1) is 12.7 Å². The molecule has 0 amide bonds. The van der Waals surface area contributed by atoms with Crippen LogP contribution in [0.2, 0.25) is 0 Å². The molecule has 0 aliphatic carbocycles. The number of hydrogen-bond donors (Lipinski definition) is 0. The molecule has 0 aliphatic heterocycles. The predicted molar refractivity (Wildman–Crippen MR) is 49.0 cm³/mol. The minimum absolute atomic E-state index is 0.0292. The van der Waals surface area contributed by atoms with Crippen molar-refractivity contribution in [3.63, 3.8) is 0 Å². The van der Waals surface area contributed by atoms with Crippen LogP contribution in [-0.4, -0.2) is 34.8 Å². The van der Waals surface area contributed by atoms with Crippen LogP contribution in [-0.2, 0) is 16.6 Å². The SMILES string of the molecule is COCC(=O)CC(=O)c1cn(C)cn1. The Morgan fingerprint density at radius 1 is 1.57 bits per heavy atom. The normalized spacial score (nSPS) is 10.1. The zero-order valence-electron chi connectivity index (χ0n) is 8.19. The number of nitrogens with zero attached hydrogens (tertiary/aromatic N) is 2. The zero-order valence-corrected chi connectivity index (χ0v) is 8.19. The molecule has 0 unspecified atom stereocenters. The summed E-state index contributed by atoms with van der Waals surface area (Å²) >= 11 is 0. The van der Waals surface area contributed by atoms with E-state index in [9.17, 15) is 9.59 Å². The molecule has 76 valence electrons. The van der Waals surface area contributed by atoms with Gasteiger partial charge < -0.3 is 9.30 Å². The molecule has 0 saturated heterocycles. The lowest BCUT2D eigenvalue weighted by molar-refractivity contribution is -0.121. The average molecular weight is 196 g/mol. The maximum atomic E-state index is 11.4. The number of hydrogen-bond acceptors (Lipinski definition) is 4. The molecular weight excluding hydrogens is 184 g/mol. The van der Waals surface area contributed by atoms with Crippen LogP contribution >= 0.6 is 0 Å². The highest BCUT2D eigenvalue weighted by molar-refractivity contribution is 6.07. The molecule has 0 radical (unpaired) electrons. The van der Waals surface area contributed by atoms with Crippen molar-refractivity contribution in [3.05, 3.63) is 18.2 Å². The largest absolute Gasteiger partial charge is 0.377 e. The maximum absolute atomic E-state index is 11.4. The van der Waals surface area contributed by atoms with Crippen LogP contribution in [0.4, 0.5) is 0 Å². The van der Waals surface area contributed by atoms with E-state index in [1.165, 1.54) is 13.4 Å². The molecule has 0 N–H and O–H groups in total. The molecule has 0 atom stereocenters. The minimum atomic E-state index is -0.271. The monoisotopic (exact) mass is 196 g/mol. The Hall–Kier alpha value is -1.49. The first-order valence-corrected chi connectivity index (χ1v) is 4.15. The highest BCUT2D eigenvalue weighted by Gasteiger charge is 2.13. The number of carbonyl (C=O) groups is 2. The van der Waals surface area contributed by atoms with Crippen LogP contribution in [0.1, 0.15) is 16.9 Å². The fourth-order valence-electron chi connectivity index (χ4n) is 1.04. The standard InChI is InChI=1S/C9H12N2O3/c1-11-4-8(10-6-11)9(13)3-7(12)5-14-2/h4,6H,3,5H2,1-2H3. The number of carbonyl (C=O) groups excluding carboxylic acids is 2. The summed E-state index contributed by atoms with van der Waals surface area (Å²) in [6.07, 6.45) is 2.96. The second-order valence-corrected chi connectivity index (χ2v) is 3.00. The molecule has 0 bridgehead atoms. The van der Waals surface area contributed by atoms with E-state index in [2.05, 4.69) is 9.72 Å². The van der Waals surface area contributed by atoms with Crippen molar-refractivity contribution in [3.8, 4) is 0 Å². The fraction of sp³-hybridized carbons (Fsp3) is 0.444. The fourth-order valence-corrected chi connectivity index (χ4v) is 1.04. The van der Waals surface area contributed by atoms with E-state index >= 15 is 0 Å². The van der Waals surface area contributed by atoms with Gasteiger partial charge in [-0.05, 0) is 0 Å². The van der Waals surface area contributed by atoms with Crippen molar-refractivity contribution in [2.45, 2.75) is 6.42 Å². The van der Waals surface area contributed by atoms with Gasteiger partial charge in [0.15, 0.2) is 11.6 Å². The van der Waals surface area contributed by atoms with Crippen LogP contribution in [0.15, 0.2) is 12.5 Å². The van der Waals surface area contributed by atoms with Crippen molar-refractivity contribution >= 4 is 11.6 Å². The maximum Gasteiger partial charge on any atom is 0.190 e. The van der Waals surface area contributed by atoms with Crippen LogP contribution in [0.5, 0.6) is 0 Å². The molecule has 1 aromatic rings. The summed E-state index contributed by atoms with van der Waals surface area (Å²) in [6.45, 7) is -0.0292. The van der Waals surface area contributed by atoms with E-state index < -0.39 is 0 Å². The van der Waals surface area contributed by atoms with Gasteiger partial charge in [-0.2, -0.15) is 0 Å². The molecule has 0 aromatic carbocycles. The van der Waals surface area contributed by atoms with E-state index in [-0.39, 0.29) is 24.6 Å². The summed E-state index contributed by atoms with van der Waals surface area (Å²) in [5.74, 6) is -0.504. The third-order valence-electron chi connectivity index (χ3n) is 1.65. The second-order valence-electron chi connectivity index (χ2n) is 3.00. The number of Topliss-reactive ketones (excluding diaryl/α,β-unsaturated/α-hetero) is 2. The van der Waals surface area contributed by atoms with Crippen molar-refractivity contribution < 1.29 is 14.3 Å². The van der Waals surface area contributed by atoms with E-state index in [4.69, 9.17) is 0 Å². The summed E-state index contributed by atoms with van der Waals surface area (Å²) in [5, 5.41) is 0. The van der Waals surface area contributed by atoms with Crippen molar-refractivity contribution in [2.24, 2.45) is 7.05 Å². The molecular formula is C9H12N2O3. The van der Waals surface area contributed by atoms with Crippen molar-refractivity contribution in [1.82, 2.24) is 9.55 Å². The van der Waals surface area contributed by atoms with Gasteiger partial charge in [-0.25, -0.2) is 4.98 Å². The first kappa shape index (κ1) is 10.6. The smallest absolute Gasteiger partial charge is 0.190 e. The van der Waals surface area contributed by atoms with Crippen molar-refractivity contribution in [2.75, 3.05) is 13.7 Å². The van der Waals surface area contributed by atoms with Gasteiger partial charge in [0.1, 0.15) is 12.3 Å². The Balaban J connectivity index is 2.55. The predicted octanol–water partition coefficient (Wildman–Crippen LogP) is 0.208. The Bertz CT molecular complexity index is 344. The van der Waals surface area contributed by atoms with Gasteiger partial charge in [0.25, 0.3) is 0 Å². The first-order chi connectivity index (χ1) is 6.63. The van der Waals surface area contributed by atoms with Gasteiger partial charge >= 0.3 is 0 Å². The summed E-state index contributed by atoms with van der Waals surface area (Å²) in [5.41, 5.74) is 0.317.